The number of benzene rings is 2. The molecule has 2 rings (SSSR count). The van der Waals surface area contributed by atoms with Crippen LogP contribution >= 0.6 is 11.6 Å². The van der Waals surface area contributed by atoms with E-state index in [1.54, 1.807) is 18.2 Å². The minimum absolute atomic E-state index is 0.254. The number of hydrogen-bond donors (Lipinski definition) is 2. The molecule has 19 heavy (non-hydrogen) atoms. The van der Waals surface area contributed by atoms with Crippen molar-refractivity contribution in [2.24, 2.45) is 5.73 Å². The van der Waals surface area contributed by atoms with Crippen LogP contribution in [0.5, 0.6) is 5.75 Å². The summed E-state index contributed by atoms with van der Waals surface area (Å²) in [6.45, 7) is 0.254. The molecule has 0 aliphatic carbocycles. The van der Waals surface area contributed by atoms with E-state index in [1.807, 2.05) is 18.2 Å². The minimum atomic E-state index is -0.582. The van der Waals surface area contributed by atoms with Crippen molar-refractivity contribution < 1.29 is 9.53 Å². The summed E-state index contributed by atoms with van der Waals surface area (Å²) >= 11 is 6.03. The Labute approximate surface area is 115 Å². The zero-order valence-corrected chi connectivity index (χ0v) is 10.9. The Kier molecular flexibility index (Phi) is 3.92. The molecule has 0 saturated carbocycles. The van der Waals surface area contributed by atoms with Crippen LogP contribution in [-0.2, 0) is 6.61 Å². The molecule has 0 atom stereocenters. The number of carbonyl (C=O) groups is 1. The van der Waals surface area contributed by atoms with E-state index in [0.717, 1.165) is 5.56 Å². The Hall–Kier alpha value is -2.20. The van der Waals surface area contributed by atoms with E-state index >= 15 is 0 Å². The molecule has 0 aromatic heterocycles. The van der Waals surface area contributed by atoms with E-state index in [2.05, 4.69) is 0 Å². The maximum Gasteiger partial charge on any atom is 0.252 e. The lowest BCUT2D eigenvalue weighted by Crippen LogP contribution is -2.13. The topological polar surface area (TPSA) is 78.3 Å². The predicted molar refractivity (Wildman–Crippen MR) is 75.2 cm³/mol. The van der Waals surface area contributed by atoms with E-state index in [4.69, 9.17) is 27.8 Å². The van der Waals surface area contributed by atoms with Crippen LogP contribution in [0.25, 0.3) is 0 Å². The van der Waals surface area contributed by atoms with Gasteiger partial charge >= 0.3 is 0 Å². The number of nitrogens with two attached hydrogens (primary N) is 2. The maximum atomic E-state index is 11.3. The third kappa shape index (κ3) is 3.17. The first-order valence-electron chi connectivity index (χ1n) is 5.63. The highest BCUT2D eigenvalue weighted by atomic mass is 35.5. The fraction of sp³-hybridized carbons (Fsp3) is 0.0714. The van der Waals surface area contributed by atoms with Crippen molar-refractivity contribution in [3.8, 4) is 5.75 Å². The minimum Gasteiger partial charge on any atom is -0.488 e. The van der Waals surface area contributed by atoms with Crippen LogP contribution in [0.3, 0.4) is 0 Å². The van der Waals surface area contributed by atoms with Crippen LogP contribution in [-0.4, -0.2) is 5.91 Å². The molecule has 0 spiro atoms. The summed E-state index contributed by atoms with van der Waals surface area (Å²) < 4.78 is 5.58. The average Bonchev–Trinajstić information content (AvgIpc) is 2.38. The van der Waals surface area contributed by atoms with E-state index < -0.39 is 5.91 Å². The zero-order valence-electron chi connectivity index (χ0n) is 10.1. The second-order valence-corrected chi connectivity index (χ2v) is 4.41. The first kappa shape index (κ1) is 13.2. The van der Waals surface area contributed by atoms with Gasteiger partial charge in [-0.05, 0) is 24.3 Å². The molecule has 0 aliphatic heterocycles. The molecule has 1 amide bonds. The van der Waals surface area contributed by atoms with Crippen LogP contribution in [0.4, 0.5) is 5.69 Å². The van der Waals surface area contributed by atoms with Crippen molar-refractivity contribution in [1.82, 2.24) is 0 Å². The van der Waals surface area contributed by atoms with Gasteiger partial charge < -0.3 is 16.2 Å². The molecule has 0 bridgehead atoms. The largest absolute Gasteiger partial charge is 0.488 e. The number of amides is 1. The number of halogens is 1. The molecule has 0 radical (unpaired) electrons. The van der Waals surface area contributed by atoms with Crippen molar-refractivity contribution in [3.63, 3.8) is 0 Å². The van der Waals surface area contributed by atoms with E-state index in [0.29, 0.717) is 16.5 Å². The zero-order chi connectivity index (χ0) is 13.8. The van der Waals surface area contributed by atoms with Crippen LogP contribution in [0.1, 0.15) is 15.9 Å². The molecule has 0 aliphatic rings. The molecule has 5 heteroatoms. The van der Waals surface area contributed by atoms with Gasteiger partial charge in [-0.1, -0.05) is 29.8 Å². The summed E-state index contributed by atoms with van der Waals surface area (Å²) in [6, 6.07) is 12.1. The quantitative estimate of drug-likeness (QED) is 0.843. The molecular formula is C14H13ClN2O2. The van der Waals surface area contributed by atoms with Gasteiger partial charge in [-0.2, -0.15) is 0 Å². The summed E-state index contributed by atoms with van der Waals surface area (Å²) in [7, 11) is 0. The van der Waals surface area contributed by atoms with Crippen molar-refractivity contribution >= 4 is 23.2 Å². The van der Waals surface area contributed by atoms with Gasteiger partial charge in [0.05, 0.1) is 5.56 Å². The Morgan fingerprint density at radius 3 is 2.63 bits per heavy atom. The normalized spacial score (nSPS) is 10.2. The molecule has 98 valence electrons. The van der Waals surface area contributed by atoms with E-state index in [-0.39, 0.29) is 12.2 Å². The second kappa shape index (κ2) is 5.63. The van der Waals surface area contributed by atoms with Gasteiger partial charge in [-0.15, -0.1) is 0 Å². The van der Waals surface area contributed by atoms with E-state index in [9.17, 15) is 4.79 Å². The molecule has 0 heterocycles. The molecule has 2 aromatic carbocycles. The molecule has 0 fully saturated rings. The number of ether oxygens (including phenoxy) is 1. The Morgan fingerprint density at radius 1 is 1.21 bits per heavy atom. The fourth-order valence-corrected chi connectivity index (χ4v) is 1.83. The fourth-order valence-electron chi connectivity index (χ4n) is 1.64. The number of hydrogen-bond acceptors (Lipinski definition) is 3. The molecule has 0 unspecified atom stereocenters. The van der Waals surface area contributed by atoms with Gasteiger partial charge in [0, 0.05) is 16.3 Å². The van der Waals surface area contributed by atoms with Crippen LogP contribution in [0.2, 0.25) is 5.02 Å². The Morgan fingerprint density at radius 2 is 1.95 bits per heavy atom. The molecule has 4 nitrogen and oxygen atoms in total. The van der Waals surface area contributed by atoms with Gasteiger partial charge in [-0.3, -0.25) is 4.79 Å². The molecule has 0 saturated heterocycles. The van der Waals surface area contributed by atoms with Gasteiger partial charge in [0.15, 0.2) is 0 Å². The summed E-state index contributed by atoms with van der Waals surface area (Å²) in [6.07, 6.45) is 0. The third-order valence-corrected chi connectivity index (χ3v) is 2.98. The van der Waals surface area contributed by atoms with Crippen LogP contribution in [0.15, 0.2) is 42.5 Å². The lowest BCUT2D eigenvalue weighted by Gasteiger charge is -2.11. The lowest BCUT2D eigenvalue weighted by atomic mass is 10.1. The highest BCUT2D eigenvalue weighted by Crippen LogP contribution is 2.23. The molecule has 2 aromatic rings. The Bertz CT molecular complexity index is 614. The number of carbonyl (C=O) groups excluding carboxylic acids is 1. The summed E-state index contributed by atoms with van der Waals surface area (Å²) in [4.78, 5) is 11.3. The lowest BCUT2D eigenvalue weighted by molar-refractivity contribution is 0.0996. The maximum absolute atomic E-state index is 11.3. The van der Waals surface area contributed by atoms with Crippen molar-refractivity contribution in [2.45, 2.75) is 6.61 Å². The number of primary amides is 1. The SMILES string of the molecule is NC(=O)c1cc(N)ccc1OCc1ccccc1Cl. The monoisotopic (exact) mass is 276 g/mol. The van der Waals surface area contributed by atoms with Crippen LogP contribution < -0.4 is 16.2 Å². The number of anilines is 1. The van der Waals surface area contributed by atoms with E-state index in [1.165, 1.54) is 6.07 Å². The van der Waals surface area contributed by atoms with Crippen molar-refractivity contribution in [1.29, 1.82) is 0 Å². The number of nitrogen functional groups attached to an aromatic ring is 1. The van der Waals surface area contributed by atoms with Crippen molar-refractivity contribution in [3.05, 3.63) is 58.6 Å². The predicted octanol–water partition coefficient (Wildman–Crippen LogP) is 2.60. The first-order chi connectivity index (χ1) is 9.08. The van der Waals surface area contributed by atoms with Crippen LogP contribution in [0, 0.1) is 0 Å². The Balaban J connectivity index is 2.20. The smallest absolute Gasteiger partial charge is 0.252 e. The summed E-state index contributed by atoms with van der Waals surface area (Å²) in [5.74, 6) is -0.192. The standard InChI is InChI=1S/C14H13ClN2O2/c15-12-4-2-1-3-9(12)8-19-13-6-5-10(16)7-11(13)14(17)18/h1-7H,8,16H2,(H2,17,18). The molecular weight excluding hydrogens is 264 g/mol. The molecule has 4 N–H and O–H groups in total. The van der Waals surface area contributed by atoms with Crippen molar-refractivity contribution in [2.75, 3.05) is 5.73 Å². The number of rotatable bonds is 4. The highest BCUT2D eigenvalue weighted by Gasteiger charge is 2.10. The van der Waals surface area contributed by atoms with Gasteiger partial charge in [0.2, 0.25) is 0 Å². The third-order valence-electron chi connectivity index (χ3n) is 2.61. The van der Waals surface area contributed by atoms with Gasteiger partial charge in [0.25, 0.3) is 5.91 Å². The second-order valence-electron chi connectivity index (χ2n) is 4.00. The first-order valence-corrected chi connectivity index (χ1v) is 6.01. The van der Waals surface area contributed by atoms with Gasteiger partial charge in [-0.25, -0.2) is 0 Å². The highest BCUT2D eigenvalue weighted by molar-refractivity contribution is 6.31. The summed E-state index contributed by atoms with van der Waals surface area (Å²) in [5, 5.41) is 0.610. The summed E-state index contributed by atoms with van der Waals surface area (Å²) in [5.41, 5.74) is 12.4. The van der Waals surface area contributed by atoms with Gasteiger partial charge in [0.1, 0.15) is 12.4 Å². The average molecular weight is 277 g/mol.